The molecule has 1 aliphatic heterocycles. The van der Waals surface area contributed by atoms with Crippen molar-refractivity contribution >= 4 is 17.7 Å². The van der Waals surface area contributed by atoms with Crippen molar-refractivity contribution < 1.29 is 9.53 Å². The number of pyridine rings is 1. The van der Waals surface area contributed by atoms with Crippen LogP contribution < -0.4 is 11.6 Å². The van der Waals surface area contributed by atoms with Gasteiger partial charge >= 0.3 is 5.97 Å². The van der Waals surface area contributed by atoms with Crippen LogP contribution in [0.5, 0.6) is 0 Å². The summed E-state index contributed by atoms with van der Waals surface area (Å²) < 4.78 is 4.55. The van der Waals surface area contributed by atoms with Crippen molar-refractivity contribution in [2.75, 3.05) is 27.2 Å². The van der Waals surface area contributed by atoms with Crippen LogP contribution in [0.1, 0.15) is 43.4 Å². The number of hydrogen-bond donors (Lipinski definition) is 2. The summed E-state index contributed by atoms with van der Waals surface area (Å²) in [6.07, 6.45) is 10.9. The number of benzene rings is 1. The number of ether oxygens (including phenoxy) is 1. The zero-order chi connectivity index (χ0) is 23.8. The first kappa shape index (κ1) is 26.9. The monoisotopic (exact) mass is 439 g/mol. The molecule has 7 nitrogen and oxygen atoms in total. The molecule has 4 N–H and O–H groups in total. The van der Waals surface area contributed by atoms with E-state index in [0.29, 0.717) is 5.70 Å². The Morgan fingerprint density at radius 3 is 2.38 bits per heavy atom. The summed E-state index contributed by atoms with van der Waals surface area (Å²) in [5, 5.41) is 1.41. The molecular weight excluding hydrogens is 402 g/mol. The third kappa shape index (κ3) is 10.7. The zero-order valence-corrected chi connectivity index (χ0v) is 19.7. The highest BCUT2D eigenvalue weighted by Crippen LogP contribution is 2.13. The van der Waals surface area contributed by atoms with Gasteiger partial charge in [-0.15, -0.1) is 0 Å². The van der Waals surface area contributed by atoms with Crippen molar-refractivity contribution in [1.29, 1.82) is 0 Å². The Morgan fingerprint density at radius 1 is 1.19 bits per heavy atom. The quantitative estimate of drug-likeness (QED) is 0.307. The number of carbonyl (C=O) groups excluding carboxylic acids is 1. The van der Waals surface area contributed by atoms with Crippen molar-refractivity contribution in [3.05, 3.63) is 77.8 Å². The number of methoxy groups -OCH3 is 1. The number of esters is 1. The Balaban J connectivity index is 0.000000318. The largest absolute Gasteiger partial charge is 0.466 e. The van der Waals surface area contributed by atoms with Crippen molar-refractivity contribution in [3.63, 3.8) is 0 Å². The highest BCUT2D eigenvalue weighted by molar-refractivity contribution is 5.86. The summed E-state index contributed by atoms with van der Waals surface area (Å²) in [6, 6.07) is 12.0. The van der Waals surface area contributed by atoms with E-state index in [9.17, 15) is 4.79 Å². The van der Waals surface area contributed by atoms with Gasteiger partial charge in [0.25, 0.3) is 0 Å². The molecule has 0 unspecified atom stereocenters. The highest BCUT2D eigenvalue weighted by Gasteiger charge is 2.11. The number of carbonyl (C=O) groups is 1. The second-order valence-corrected chi connectivity index (χ2v) is 7.07. The van der Waals surface area contributed by atoms with Crippen molar-refractivity contribution in [2.24, 2.45) is 11.6 Å². The molecule has 0 atom stereocenters. The molecule has 7 heteroatoms. The van der Waals surface area contributed by atoms with E-state index in [1.54, 1.807) is 31.7 Å². The summed E-state index contributed by atoms with van der Waals surface area (Å²) in [5.41, 5.74) is 9.52. The first-order valence-electron chi connectivity index (χ1n) is 10.9. The number of rotatable bonds is 6. The van der Waals surface area contributed by atoms with Gasteiger partial charge in [0, 0.05) is 43.8 Å². The van der Waals surface area contributed by atoms with Gasteiger partial charge in [-0.3, -0.25) is 9.88 Å². The van der Waals surface area contributed by atoms with E-state index < -0.39 is 0 Å². The fourth-order valence-corrected chi connectivity index (χ4v) is 2.99. The smallest absolute Gasteiger partial charge is 0.330 e. The fourth-order valence-electron chi connectivity index (χ4n) is 2.99. The molecule has 1 aliphatic rings. The highest BCUT2D eigenvalue weighted by atomic mass is 16.5. The Labute approximate surface area is 192 Å². The molecule has 1 aromatic carbocycles. The van der Waals surface area contributed by atoms with Crippen LogP contribution in [0.25, 0.3) is 11.8 Å². The molecule has 0 aliphatic carbocycles. The van der Waals surface area contributed by atoms with Gasteiger partial charge in [0.1, 0.15) is 0 Å². The molecule has 0 bridgehead atoms. The molecular formula is C25H37N5O2. The van der Waals surface area contributed by atoms with E-state index in [-0.39, 0.29) is 5.97 Å². The number of hydrazine groups is 1. The lowest BCUT2D eigenvalue weighted by Crippen LogP contribution is -2.20. The second kappa shape index (κ2) is 15.6. The SMILES string of the molecule is CC.CN(N)/C=C(\N)c1cccnc1.COC(=O)/C=C/c1ccc(CN2CCCC2)cc1. The molecule has 2 aromatic rings. The van der Waals surface area contributed by atoms with Gasteiger partial charge in [-0.1, -0.05) is 38.1 Å². The van der Waals surface area contributed by atoms with Crippen LogP contribution in [0, 0.1) is 0 Å². The summed E-state index contributed by atoms with van der Waals surface area (Å²) >= 11 is 0. The van der Waals surface area contributed by atoms with Crippen LogP contribution in [0.15, 0.2) is 61.1 Å². The Kier molecular flexibility index (Phi) is 13.1. The average molecular weight is 440 g/mol. The Hall–Kier alpha value is -3.16. The summed E-state index contributed by atoms with van der Waals surface area (Å²) in [7, 11) is 3.09. The van der Waals surface area contributed by atoms with Gasteiger partial charge < -0.3 is 15.5 Å². The molecule has 2 heterocycles. The maximum atomic E-state index is 11.0. The van der Waals surface area contributed by atoms with Crippen LogP contribution >= 0.6 is 0 Å². The summed E-state index contributed by atoms with van der Waals surface area (Å²) in [5.74, 6) is 5.06. The maximum absolute atomic E-state index is 11.0. The minimum atomic E-state index is -0.323. The van der Waals surface area contributed by atoms with Crippen LogP contribution in [0.4, 0.5) is 0 Å². The molecule has 174 valence electrons. The Morgan fingerprint density at radius 2 is 1.84 bits per heavy atom. The zero-order valence-electron chi connectivity index (χ0n) is 19.7. The van der Waals surface area contributed by atoms with Gasteiger partial charge in [-0.2, -0.15) is 0 Å². The van der Waals surface area contributed by atoms with Crippen molar-refractivity contribution in [3.8, 4) is 0 Å². The van der Waals surface area contributed by atoms with Crippen LogP contribution in [-0.4, -0.2) is 48.1 Å². The van der Waals surface area contributed by atoms with E-state index in [1.807, 2.05) is 38.1 Å². The van der Waals surface area contributed by atoms with Crippen molar-refractivity contribution in [2.45, 2.75) is 33.2 Å². The predicted octanol–water partition coefficient (Wildman–Crippen LogP) is 3.64. The lowest BCUT2D eigenvalue weighted by atomic mass is 10.1. The summed E-state index contributed by atoms with van der Waals surface area (Å²) in [6.45, 7) is 7.45. The molecule has 32 heavy (non-hydrogen) atoms. The molecule has 0 spiro atoms. The molecule has 0 radical (unpaired) electrons. The standard InChI is InChI=1S/C15H19NO2.C8H12N4.C2H6/c1-18-15(17)9-8-13-4-6-14(7-5-13)12-16-10-2-3-11-16;1-12(10)6-8(9)7-3-2-4-11-5-7;1-2/h4-9H,2-3,10-12H2,1H3;2-6H,9-10H2,1H3;1-2H3/b9-8+;8-6-;. The van der Waals surface area contributed by atoms with Gasteiger partial charge in [-0.25, -0.2) is 10.6 Å². The van der Waals surface area contributed by atoms with Gasteiger partial charge in [0.15, 0.2) is 0 Å². The minimum absolute atomic E-state index is 0.323. The Bertz CT molecular complexity index is 827. The van der Waals surface area contributed by atoms with E-state index in [1.165, 1.54) is 49.7 Å². The van der Waals surface area contributed by atoms with Gasteiger partial charge in [0.05, 0.1) is 12.8 Å². The topological polar surface area (TPSA) is 97.7 Å². The lowest BCUT2D eigenvalue weighted by Gasteiger charge is -2.14. The number of likely N-dealkylation sites (tertiary alicyclic amines) is 1. The second-order valence-electron chi connectivity index (χ2n) is 7.07. The third-order valence-electron chi connectivity index (χ3n) is 4.54. The van der Waals surface area contributed by atoms with E-state index in [2.05, 4.69) is 26.8 Å². The molecule has 1 saturated heterocycles. The fraction of sp³-hybridized carbons (Fsp3) is 0.360. The van der Waals surface area contributed by atoms with E-state index in [0.717, 1.165) is 17.7 Å². The molecule has 1 fully saturated rings. The lowest BCUT2D eigenvalue weighted by molar-refractivity contribution is -0.134. The first-order chi connectivity index (χ1) is 15.5. The van der Waals surface area contributed by atoms with E-state index in [4.69, 9.17) is 11.6 Å². The van der Waals surface area contributed by atoms with Crippen LogP contribution in [-0.2, 0) is 16.1 Å². The maximum Gasteiger partial charge on any atom is 0.330 e. The first-order valence-corrected chi connectivity index (χ1v) is 10.9. The summed E-state index contributed by atoms with van der Waals surface area (Å²) in [4.78, 5) is 17.4. The molecule has 1 aromatic heterocycles. The van der Waals surface area contributed by atoms with Crippen LogP contribution in [0.2, 0.25) is 0 Å². The van der Waals surface area contributed by atoms with Gasteiger partial charge in [0.2, 0.25) is 0 Å². The minimum Gasteiger partial charge on any atom is -0.466 e. The number of aromatic nitrogens is 1. The average Bonchev–Trinajstić information content (AvgIpc) is 3.33. The molecule has 3 rings (SSSR count). The van der Waals surface area contributed by atoms with Crippen molar-refractivity contribution in [1.82, 2.24) is 14.9 Å². The van der Waals surface area contributed by atoms with E-state index >= 15 is 0 Å². The normalized spacial score (nSPS) is 13.6. The molecule has 0 saturated carbocycles. The predicted molar refractivity (Wildman–Crippen MR) is 132 cm³/mol. The number of hydrogen-bond acceptors (Lipinski definition) is 7. The van der Waals surface area contributed by atoms with Crippen LogP contribution in [0.3, 0.4) is 0 Å². The number of nitrogens with zero attached hydrogens (tertiary/aromatic N) is 3. The molecule has 0 amide bonds. The number of nitrogens with two attached hydrogens (primary N) is 2. The van der Waals surface area contributed by atoms with Gasteiger partial charge in [-0.05, 0) is 55.3 Å². The third-order valence-corrected chi connectivity index (χ3v) is 4.54.